The summed E-state index contributed by atoms with van der Waals surface area (Å²) in [6, 6.07) is 12.3. The molecule has 1 aromatic heterocycles. The molecule has 3 aromatic rings. The summed E-state index contributed by atoms with van der Waals surface area (Å²) in [5.74, 6) is -0.441. The third kappa shape index (κ3) is 3.34. The maximum atomic E-state index is 12.3. The van der Waals surface area contributed by atoms with Crippen molar-refractivity contribution in [1.82, 2.24) is 5.32 Å². The predicted octanol–water partition coefficient (Wildman–Crippen LogP) is 3.99. The van der Waals surface area contributed by atoms with Gasteiger partial charge in [0, 0.05) is 17.6 Å². The number of rotatable bonds is 3. The lowest BCUT2D eigenvalue weighted by Crippen LogP contribution is -2.24. The molecule has 0 unspecified atom stereocenters. The van der Waals surface area contributed by atoms with E-state index in [0.717, 1.165) is 16.7 Å². The molecular weight excluding hydrogens is 326 g/mol. The van der Waals surface area contributed by atoms with Crippen molar-refractivity contribution in [3.05, 3.63) is 80.2 Å². The van der Waals surface area contributed by atoms with Crippen molar-refractivity contribution >= 4 is 28.5 Å². The van der Waals surface area contributed by atoms with E-state index in [1.54, 1.807) is 12.1 Å². The van der Waals surface area contributed by atoms with Crippen LogP contribution in [0.15, 0.2) is 51.7 Å². The van der Waals surface area contributed by atoms with Gasteiger partial charge in [0.25, 0.3) is 5.91 Å². The SMILES string of the molecule is Cc1ccc(CNC(=O)c2cc(=O)c3cc(Cl)c(C)cc3o2)cc1. The summed E-state index contributed by atoms with van der Waals surface area (Å²) in [5.41, 5.74) is 2.97. The number of fused-ring (bicyclic) bond motifs is 1. The number of nitrogens with one attached hydrogen (secondary N) is 1. The number of aryl methyl sites for hydroxylation is 2. The number of hydrogen-bond acceptors (Lipinski definition) is 3. The van der Waals surface area contributed by atoms with Crippen LogP contribution in [0.25, 0.3) is 11.0 Å². The Hall–Kier alpha value is -2.59. The fourth-order valence-corrected chi connectivity index (χ4v) is 2.53. The maximum absolute atomic E-state index is 12.3. The molecule has 0 spiro atoms. The Morgan fingerprint density at radius 3 is 2.54 bits per heavy atom. The Labute approximate surface area is 144 Å². The number of carbonyl (C=O) groups is 1. The zero-order valence-electron chi connectivity index (χ0n) is 13.4. The summed E-state index contributed by atoms with van der Waals surface area (Å²) in [4.78, 5) is 24.4. The number of hydrogen-bond donors (Lipinski definition) is 1. The number of amides is 1. The van der Waals surface area contributed by atoms with E-state index in [4.69, 9.17) is 16.0 Å². The summed E-state index contributed by atoms with van der Waals surface area (Å²) >= 11 is 6.03. The lowest BCUT2D eigenvalue weighted by atomic mass is 10.1. The maximum Gasteiger partial charge on any atom is 0.287 e. The zero-order valence-corrected chi connectivity index (χ0v) is 14.1. The van der Waals surface area contributed by atoms with Crippen LogP contribution in [0.5, 0.6) is 0 Å². The van der Waals surface area contributed by atoms with Crippen molar-refractivity contribution in [2.45, 2.75) is 20.4 Å². The quantitative estimate of drug-likeness (QED) is 0.783. The first-order valence-corrected chi connectivity index (χ1v) is 7.89. The van der Waals surface area contributed by atoms with Crippen LogP contribution in [-0.2, 0) is 6.54 Å². The highest BCUT2D eigenvalue weighted by molar-refractivity contribution is 6.32. The molecule has 3 rings (SSSR count). The highest BCUT2D eigenvalue weighted by Gasteiger charge is 2.13. The Morgan fingerprint density at radius 2 is 1.83 bits per heavy atom. The minimum absolute atomic E-state index is 0.0127. The number of carbonyl (C=O) groups excluding carboxylic acids is 1. The second kappa shape index (κ2) is 6.49. The average molecular weight is 342 g/mol. The second-order valence-corrected chi connectivity index (χ2v) is 6.15. The van der Waals surface area contributed by atoms with Gasteiger partial charge in [0.1, 0.15) is 5.58 Å². The van der Waals surface area contributed by atoms with Crippen molar-refractivity contribution in [2.24, 2.45) is 0 Å². The normalized spacial score (nSPS) is 10.8. The van der Waals surface area contributed by atoms with Gasteiger partial charge in [-0.05, 0) is 37.1 Å². The highest BCUT2D eigenvalue weighted by atomic mass is 35.5. The molecule has 5 heteroatoms. The van der Waals surface area contributed by atoms with E-state index in [0.29, 0.717) is 22.5 Å². The molecule has 0 aliphatic rings. The molecular formula is C19H16ClNO3. The Kier molecular flexibility index (Phi) is 4.40. The molecule has 0 aliphatic carbocycles. The van der Waals surface area contributed by atoms with Crippen molar-refractivity contribution in [1.29, 1.82) is 0 Å². The van der Waals surface area contributed by atoms with Gasteiger partial charge in [0.15, 0.2) is 11.2 Å². The van der Waals surface area contributed by atoms with Gasteiger partial charge in [-0.2, -0.15) is 0 Å². The fourth-order valence-electron chi connectivity index (χ4n) is 2.36. The first-order valence-electron chi connectivity index (χ1n) is 7.52. The van der Waals surface area contributed by atoms with Crippen LogP contribution in [0.1, 0.15) is 27.2 Å². The van der Waals surface area contributed by atoms with E-state index in [1.807, 2.05) is 38.1 Å². The number of benzene rings is 2. The minimum atomic E-state index is -0.429. The monoisotopic (exact) mass is 341 g/mol. The van der Waals surface area contributed by atoms with E-state index in [2.05, 4.69) is 5.32 Å². The first-order chi connectivity index (χ1) is 11.4. The molecule has 2 aromatic carbocycles. The van der Waals surface area contributed by atoms with Crippen LogP contribution >= 0.6 is 11.6 Å². The van der Waals surface area contributed by atoms with Crippen LogP contribution in [0, 0.1) is 13.8 Å². The molecule has 0 bridgehead atoms. The van der Waals surface area contributed by atoms with Crippen molar-refractivity contribution in [3.8, 4) is 0 Å². The summed E-state index contributed by atoms with van der Waals surface area (Å²) in [6.45, 7) is 4.17. The molecule has 122 valence electrons. The molecule has 24 heavy (non-hydrogen) atoms. The van der Waals surface area contributed by atoms with Gasteiger partial charge in [-0.15, -0.1) is 0 Å². The zero-order chi connectivity index (χ0) is 17.3. The van der Waals surface area contributed by atoms with Gasteiger partial charge in [0.05, 0.1) is 5.39 Å². The lowest BCUT2D eigenvalue weighted by Gasteiger charge is -2.07. The third-order valence-electron chi connectivity index (χ3n) is 3.81. The summed E-state index contributed by atoms with van der Waals surface area (Å²) in [6.07, 6.45) is 0. The largest absolute Gasteiger partial charge is 0.451 e. The molecule has 1 N–H and O–H groups in total. The van der Waals surface area contributed by atoms with E-state index in [-0.39, 0.29) is 11.2 Å². The lowest BCUT2D eigenvalue weighted by molar-refractivity contribution is 0.0923. The second-order valence-electron chi connectivity index (χ2n) is 5.74. The number of halogens is 1. The standard InChI is InChI=1S/C19H16ClNO3/c1-11-3-5-13(6-4-11)10-21-19(23)18-9-16(22)14-8-15(20)12(2)7-17(14)24-18/h3-9H,10H2,1-2H3,(H,21,23). The summed E-state index contributed by atoms with van der Waals surface area (Å²) in [5, 5.41) is 3.61. The molecule has 0 fully saturated rings. The van der Waals surface area contributed by atoms with Gasteiger partial charge in [-0.25, -0.2) is 0 Å². The smallest absolute Gasteiger partial charge is 0.287 e. The van der Waals surface area contributed by atoms with Crippen LogP contribution in [0.4, 0.5) is 0 Å². The van der Waals surface area contributed by atoms with E-state index >= 15 is 0 Å². The van der Waals surface area contributed by atoms with E-state index in [9.17, 15) is 9.59 Å². The van der Waals surface area contributed by atoms with Gasteiger partial charge in [-0.1, -0.05) is 41.4 Å². The Balaban J connectivity index is 1.85. The molecule has 0 saturated carbocycles. The molecule has 1 heterocycles. The predicted molar refractivity (Wildman–Crippen MR) is 94.6 cm³/mol. The van der Waals surface area contributed by atoms with Gasteiger partial charge in [0.2, 0.25) is 0 Å². The molecule has 0 atom stereocenters. The third-order valence-corrected chi connectivity index (χ3v) is 4.21. The first kappa shape index (κ1) is 16.3. The van der Waals surface area contributed by atoms with Crippen LogP contribution in [0.3, 0.4) is 0 Å². The van der Waals surface area contributed by atoms with Crippen molar-refractivity contribution in [3.63, 3.8) is 0 Å². The van der Waals surface area contributed by atoms with Crippen LogP contribution in [0.2, 0.25) is 5.02 Å². The molecule has 0 aliphatic heterocycles. The van der Waals surface area contributed by atoms with Crippen molar-refractivity contribution in [2.75, 3.05) is 0 Å². The molecule has 0 saturated heterocycles. The van der Waals surface area contributed by atoms with E-state index < -0.39 is 5.91 Å². The average Bonchev–Trinajstić information content (AvgIpc) is 2.55. The Bertz CT molecular complexity index is 974. The Morgan fingerprint density at radius 1 is 1.12 bits per heavy atom. The van der Waals surface area contributed by atoms with Crippen LogP contribution < -0.4 is 10.7 Å². The highest BCUT2D eigenvalue weighted by Crippen LogP contribution is 2.22. The summed E-state index contributed by atoms with van der Waals surface area (Å²) in [7, 11) is 0. The molecule has 0 radical (unpaired) electrons. The van der Waals surface area contributed by atoms with Gasteiger partial charge in [-0.3, -0.25) is 9.59 Å². The molecule has 4 nitrogen and oxygen atoms in total. The van der Waals surface area contributed by atoms with E-state index in [1.165, 1.54) is 6.07 Å². The fraction of sp³-hybridized carbons (Fsp3) is 0.158. The summed E-state index contributed by atoms with van der Waals surface area (Å²) < 4.78 is 5.58. The van der Waals surface area contributed by atoms with Gasteiger partial charge < -0.3 is 9.73 Å². The topological polar surface area (TPSA) is 59.3 Å². The van der Waals surface area contributed by atoms with Crippen molar-refractivity contribution < 1.29 is 9.21 Å². The minimum Gasteiger partial charge on any atom is -0.451 e. The molecule has 1 amide bonds. The van der Waals surface area contributed by atoms with Crippen LogP contribution in [-0.4, -0.2) is 5.91 Å². The van der Waals surface area contributed by atoms with Gasteiger partial charge >= 0.3 is 0 Å².